The van der Waals surface area contributed by atoms with Crippen LogP contribution in [0.1, 0.15) is 5.69 Å². The van der Waals surface area contributed by atoms with Crippen LogP contribution in [0.4, 0.5) is 0 Å². The second kappa shape index (κ2) is 9.66. The van der Waals surface area contributed by atoms with E-state index in [0.717, 1.165) is 11.3 Å². The molecular weight excluding hydrogens is 472 g/mol. The van der Waals surface area contributed by atoms with Crippen LogP contribution in [0.15, 0.2) is 140 Å². The zero-order valence-electron chi connectivity index (χ0n) is 21.7. The number of rotatable bonds is 4. The summed E-state index contributed by atoms with van der Waals surface area (Å²) >= 11 is 0. The number of fused-ring (bicyclic) bond motifs is 2. The van der Waals surface area contributed by atoms with Gasteiger partial charge in [-0.2, -0.15) is 0 Å². The molecule has 2 heteroatoms. The third-order valence-corrected chi connectivity index (χ3v) is 7.48. The van der Waals surface area contributed by atoms with Crippen LogP contribution in [0.3, 0.4) is 0 Å². The molecule has 2 aromatic heterocycles. The number of aromatic nitrogens is 2. The summed E-state index contributed by atoms with van der Waals surface area (Å²) in [6, 6.07) is 43.7. The molecule has 0 aliphatic rings. The van der Waals surface area contributed by atoms with Gasteiger partial charge in [-0.3, -0.25) is 9.97 Å². The molecule has 0 aliphatic heterocycles. The molecule has 0 radical (unpaired) electrons. The molecule has 7 aromatic rings. The van der Waals surface area contributed by atoms with Crippen molar-refractivity contribution in [2.24, 2.45) is 0 Å². The molecule has 0 atom stereocenters. The number of aryl methyl sites for hydroxylation is 1. The van der Waals surface area contributed by atoms with E-state index in [0.29, 0.717) is 0 Å². The van der Waals surface area contributed by atoms with Gasteiger partial charge in [-0.15, -0.1) is 0 Å². The van der Waals surface area contributed by atoms with E-state index in [-0.39, 0.29) is 0 Å². The maximum atomic E-state index is 4.35. The molecule has 0 fully saturated rings. The molecule has 2 nitrogen and oxygen atoms in total. The molecule has 0 spiro atoms. The van der Waals surface area contributed by atoms with Crippen LogP contribution in [-0.4, -0.2) is 9.97 Å². The standard InChI is InChI=1S/C37H26N2/c1-25-22-29(19-21-39-25)26-15-17-27(18-16-26)36-32-11-2-4-13-34(32)37(35-14-5-3-12-33(35)36)30-9-6-8-28(23-30)31-10-7-20-38-24-31/h2-24H,1H3. The van der Waals surface area contributed by atoms with Crippen molar-refractivity contribution in [1.29, 1.82) is 0 Å². The first-order valence-electron chi connectivity index (χ1n) is 13.2. The van der Waals surface area contributed by atoms with Gasteiger partial charge < -0.3 is 0 Å². The Hall–Kier alpha value is -5.08. The van der Waals surface area contributed by atoms with Gasteiger partial charge in [0.1, 0.15) is 0 Å². The normalized spacial score (nSPS) is 11.2. The molecule has 184 valence electrons. The topological polar surface area (TPSA) is 25.8 Å². The molecule has 39 heavy (non-hydrogen) atoms. The van der Waals surface area contributed by atoms with E-state index >= 15 is 0 Å². The number of benzene rings is 5. The molecule has 0 aliphatic carbocycles. The Morgan fingerprint density at radius 1 is 0.410 bits per heavy atom. The lowest BCUT2D eigenvalue weighted by atomic mass is 9.85. The maximum Gasteiger partial charge on any atom is 0.0378 e. The third-order valence-electron chi connectivity index (χ3n) is 7.48. The van der Waals surface area contributed by atoms with E-state index in [4.69, 9.17) is 0 Å². The molecule has 0 unspecified atom stereocenters. The fraction of sp³-hybridized carbons (Fsp3) is 0.0270. The molecule has 0 N–H and O–H groups in total. The van der Waals surface area contributed by atoms with Crippen LogP contribution in [0.5, 0.6) is 0 Å². The van der Waals surface area contributed by atoms with E-state index < -0.39 is 0 Å². The Bertz CT molecular complexity index is 1900. The average molecular weight is 499 g/mol. The number of hydrogen-bond acceptors (Lipinski definition) is 2. The van der Waals surface area contributed by atoms with Crippen molar-refractivity contribution in [3.8, 4) is 44.5 Å². The van der Waals surface area contributed by atoms with E-state index in [2.05, 4.69) is 125 Å². The molecule has 0 saturated heterocycles. The number of pyridine rings is 2. The highest BCUT2D eigenvalue weighted by Gasteiger charge is 2.17. The lowest BCUT2D eigenvalue weighted by molar-refractivity contribution is 1.20. The summed E-state index contributed by atoms with van der Waals surface area (Å²) in [6.45, 7) is 2.03. The first kappa shape index (κ1) is 23.1. The third kappa shape index (κ3) is 4.17. The lowest BCUT2D eigenvalue weighted by Gasteiger charge is -2.18. The smallest absolute Gasteiger partial charge is 0.0378 e. The maximum absolute atomic E-state index is 4.35. The van der Waals surface area contributed by atoms with E-state index in [1.165, 1.54) is 60.5 Å². The highest BCUT2D eigenvalue weighted by atomic mass is 14.6. The first-order chi connectivity index (χ1) is 19.3. The summed E-state index contributed by atoms with van der Waals surface area (Å²) in [5, 5.41) is 5.02. The largest absolute Gasteiger partial charge is 0.264 e. The fourth-order valence-electron chi connectivity index (χ4n) is 5.69. The van der Waals surface area contributed by atoms with Gasteiger partial charge in [0.15, 0.2) is 0 Å². The van der Waals surface area contributed by atoms with E-state index in [1.54, 1.807) is 0 Å². The fourth-order valence-corrected chi connectivity index (χ4v) is 5.69. The van der Waals surface area contributed by atoms with Crippen molar-refractivity contribution < 1.29 is 0 Å². The van der Waals surface area contributed by atoms with Crippen LogP contribution in [0.25, 0.3) is 66.1 Å². The van der Waals surface area contributed by atoms with Gasteiger partial charge in [0.25, 0.3) is 0 Å². The first-order valence-corrected chi connectivity index (χ1v) is 13.2. The summed E-state index contributed by atoms with van der Waals surface area (Å²) in [6.07, 6.45) is 5.62. The van der Waals surface area contributed by atoms with Gasteiger partial charge in [-0.25, -0.2) is 0 Å². The monoisotopic (exact) mass is 498 g/mol. The summed E-state index contributed by atoms with van der Waals surface area (Å²) in [7, 11) is 0. The van der Waals surface area contributed by atoms with Gasteiger partial charge in [-0.1, -0.05) is 97.1 Å². The molecule has 2 heterocycles. The minimum absolute atomic E-state index is 1.02. The molecular formula is C37H26N2. The minimum Gasteiger partial charge on any atom is -0.264 e. The zero-order chi connectivity index (χ0) is 26.2. The van der Waals surface area contributed by atoms with Gasteiger partial charge in [0, 0.05) is 29.8 Å². The van der Waals surface area contributed by atoms with Crippen LogP contribution in [0.2, 0.25) is 0 Å². The molecule has 7 rings (SSSR count). The highest BCUT2D eigenvalue weighted by Crippen LogP contribution is 2.44. The van der Waals surface area contributed by atoms with Gasteiger partial charge in [0.2, 0.25) is 0 Å². The summed E-state index contributed by atoms with van der Waals surface area (Å²) in [5.41, 5.74) is 10.6. The van der Waals surface area contributed by atoms with Crippen LogP contribution < -0.4 is 0 Å². The van der Waals surface area contributed by atoms with Gasteiger partial charge >= 0.3 is 0 Å². The SMILES string of the molecule is Cc1cc(-c2ccc(-c3c4ccccc4c(-c4cccc(-c5cccnc5)c4)c4ccccc34)cc2)ccn1. The minimum atomic E-state index is 1.02. The number of nitrogens with zero attached hydrogens (tertiary/aromatic N) is 2. The van der Waals surface area contributed by atoms with Crippen molar-refractivity contribution in [1.82, 2.24) is 9.97 Å². The van der Waals surface area contributed by atoms with Crippen molar-refractivity contribution in [2.45, 2.75) is 6.92 Å². The van der Waals surface area contributed by atoms with E-state index in [9.17, 15) is 0 Å². The molecule has 0 bridgehead atoms. The van der Waals surface area contributed by atoms with Crippen LogP contribution >= 0.6 is 0 Å². The number of hydrogen-bond donors (Lipinski definition) is 0. The second-order valence-corrected chi connectivity index (χ2v) is 9.93. The lowest BCUT2D eigenvalue weighted by Crippen LogP contribution is -1.91. The summed E-state index contributed by atoms with van der Waals surface area (Å²) in [4.78, 5) is 8.69. The molecule has 0 saturated carbocycles. The predicted octanol–water partition coefficient (Wildman–Crippen LogP) is 9.76. The molecule has 5 aromatic carbocycles. The molecule has 0 amide bonds. The second-order valence-electron chi connectivity index (χ2n) is 9.93. The van der Waals surface area contributed by atoms with Crippen LogP contribution in [0, 0.1) is 6.92 Å². The van der Waals surface area contributed by atoms with Crippen molar-refractivity contribution in [3.63, 3.8) is 0 Å². The summed E-state index contributed by atoms with van der Waals surface area (Å²) in [5.74, 6) is 0. The van der Waals surface area contributed by atoms with Gasteiger partial charge in [-0.05, 0) is 91.7 Å². The Morgan fingerprint density at radius 2 is 0.974 bits per heavy atom. The Labute approximate surface area is 228 Å². The highest BCUT2D eigenvalue weighted by molar-refractivity contribution is 6.21. The zero-order valence-corrected chi connectivity index (χ0v) is 21.7. The van der Waals surface area contributed by atoms with E-state index in [1.807, 2.05) is 31.6 Å². The average Bonchev–Trinajstić information content (AvgIpc) is 3.00. The van der Waals surface area contributed by atoms with Crippen molar-refractivity contribution in [2.75, 3.05) is 0 Å². The van der Waals surface area contributed by atoms with Gasteiger partial charge in [0.05, 0.1) is 0 Å². The predicted molar refractivity (Wildman–Crippen MR) is 164 cm³/mol. The van der Waals surface area contributed by atoms with Crippen molar-refractivity contribution >= 4 is 21.5 Å². The summed E-state index contributed by atoms with van der Waals surface area (Å²) < 4.78 is 0. The Kier molecular flexibility index (Phi) is 5.71. The van der Waals surface area contributed by atoms with Crippen molar-refractivity contribution in [3.05, 3.63) is 146 Å². The van der Waals surface area contributed by atoms with Crippen LogP contribution in [-0.2, 0) is 0 Å². The Morgan fingerprint density at radius 3 is 1.59 bits per heavy atom. The quantitative estimate of drug-likeness (QED) is 0.226. The Balaban J connectivity index is 1.45.